The minimum absolute atomic E-state index is 0.780. The normalized spacial score (nSPS) is 17.2. The molecule has 1 heterocycles. The SMILES string of the molecule is CN(CCCCCN1CCC(CN)CC1)Cc1ccccc1. The zero-order valence-corrected chi connectivity index (χ0v) is 14.2. The Balaban J connectivity index is 1.49. The Morgan fingerprint density at radius 3 is 2.50 bits per heavy atom. The lowest BCUT2D eigenvalue weighted by molar-refractivity contribution is 0.183. The monoisotopic (exact) mass is 303 g/mol. The van der Waals surface area contributed by atoms with Crippen molar-refractivity contribution in [3.8, 4) is 0 Å². The van der Waals surface area contributed by atoms with Gasteiger partial charge in [-0.05, 0) is 76.9 Å². The summed E-state index contributed by atoms with van der Waals surface area (Å²) in [7, 11) is 2.23. The lowest BCUT2D eigenvalue weighted by atomic mass is 9.97. The first kappa shape index (κ1) is 17.5. The van der Waals surface area contributed by atoms with Crippen molar-refractivity contribution in [2.24, 2.45) is 11.7 Å². The standard InChI is InChI=1S/C19H33N3/c1-21(17-19-8-4-2-5-9-19)12-6-3-7-13-22-14-10-18(16-20)11-15-22/h2,4-5,8-9,18H,3,6-7,10-17,20H2,1H3. The lowest BCUT2D eigenvalue weighted by Crippen LogP contribution is -2.36. The average molecular weight is 303 g/mol. The maximum atomic E-state index is 5.75. The third-order valence-corrected chi connectivity index (χ3v) is 4.85. The molecule has 0 radical (unpaired) electrons. The predicted octanol–water partition coefficient (Wildman–Crippen LogP) is 2.96. The van der Waals surface area contributed by atoms with E-state index in [1.165, 1.54) is 63.8 Å². The van der Waals surface area contributed by atoms with Crippen LogP contribution in [0.3, 0.4) is 0 Å². The summed E-state index contributed by atoms with van der Waals surface area (Å²) < 4.78 is 0. The summed E-state index contributed by atoms with van der Waals surface area (Å²) in [6.45, 7) is 6.93. The van der Waals surface area contributed by atoms with E-state index in [9.17, 15) is 0 Å². The molecule has 0 unspecified atom stereocenters. The first-order valence-corrected chi connectivity index (χ1v) is 8.93. The predicted molar refractivity (Wildman–Crippen MR) is 94.8 cm³/mol. The Hall–Kier alpha value is -0.900. The van der Waals surface area contributed by atoms with Gasteiger partial charge in [-0.3, -0.25) is 0 Å². The molecule has 1 aliphatic heterocycles. The Morgan fingerprint density at radius 1 is 1.09 bits per heavy atom. The Kier molecular flexibility index (Phi) is 7.92. The molecule has 1 fully saturated rings. The van der Waals surface area contributed by atoms with Crippen molar-refractivity contribution in [3.63, 3.8) is 0 Å². The van der Waals surface area contributed by atoms with Crippen LogP contribution in [0, 0.1) is 5.92 Å². The first-order valence-electron chi connectivity index (χ1n) is 8.93. The van der Waals surface area contributed by atoms with Crippen molar-refractivity contribution in [1.82, 2.24) is 9.80 Å². The Labute approximate surface area is 136 Å². The smallest absolute Gasteiger partial charge is 0.0230 e. The van der Waals surface area contributed by atoms with Crippen molar-refractivity contribution in [1.29, 1.82) is 0 Å². The molecule has 3 heteroatoms. The highest BCUT2D eigenvalue weighted by Gasteiger charge is 2.17. The third kappa shape index (κ3) is 6.47. The van der Waals surface area contributed by atoms with E-state index in [1.54, 1.807) is 0 Å². The van der Waals surface area contributed by atoms with Gasteiger partial charge >= 0.3 is 0 Å². The number of likely N-dealkylation sites (tertiary alicyclic amines) is 1. The molecule has 0 bridgehead atoms. The second-order valence-corrected chi connectivity index (χ2v) is 6.80. The number of hydrogen-bond donors (Lipinski definition) is 1. The Bertz CT molecular complexity index is 385. The number of nitrogens with two attached hydrogens (primary N) is 1. The third-order valence-electron chi connectivity index (χ3n) is 4.85. The second-order valence-electron chi connectivity index (χ2n) is 6.80. The molecule has 2 rings (SSSR count). The van der Waals surface area contributed by atoms with Crippen LogP contribution in [0.15, 0.2) is 30.3 Å². The molecule has 1 aromatic rings. The summed E-state index contributed by atoms with van der Waals surface area (Å²) in [4.78, 5) is 5.06. The van der Waals surface area contributed by atoms with Gasteiger partial charge in [0, 0.05) is 6.54 Å². The largest absolute Gasteiger partial charge is 0.330 e. The van der Waals surface area contributed by atoms with E-state index < -0.39 is 0 Å². The second kappa shape index (κ2) is 9.98. The fourth-order valence-electron chi connectivity index (χ4n) is 3.31. The van der Waals surface area contributed by atoms with Crippen LogP contribution >= 0.6 is 0 Å². The van der Waals surface area contributed by atoms with Gasteiger partial charge in [0.1, 0.15) is 0 Å². The van der Waals surface area contributed by atoms with Crippen LogP contribution < -0.4 is 5.73 Å². The number of rotatable bonds is 9. The van der Waals surface area contributed by atoms with Gasteiger partial charge in [0.2, 0.25) is 0 Å². The fraction of sp³-hybridized carbons (Fsp3) is 0.684. The minimum Gasteiger partial charge on any atom is -0.330 e. The van der Waals surface area contributed by atoms with Gasteiger partial charge in [-0.25, -0.2) is 0 Å². The summed E-state index contributed by atoms with van der Waals surface area (Å²) in [5.41, 5.74) is 7.16. The highest BCUT2D eigenvalue weighted by molar-refractivity contribution is 5.14. The summed E-state index contributed by atoms with van der Waals surface area (Å²) in [6.07, 6.45) is 6.59. The number of hydrogen-bond acceptors (Lipinski definition) is 3. The molecule has 3 nitrogen and oxygen atoms in total. The highest BCUT2D eigenvalue weighted by Crippen LogP contribution is 2.16. The van der Waals surface area contributed by atoms with Crippen LogP contribution in [0.2, 0.25) is 0 Å². The number of nitrogens with zero attached hydrogens (tertiary/aromatic N) is 2. The number of piperidine rings is 1. The molecule has 1 aliphatic rings. The molecule has 0 amide bonds. The lowest BCUT2D eigenvalue weighted by Gasteiger charge is -2.31. The van der Waals surface area contributed by atoms with E-state index in [-0.39, 0.29) is 0 Å². The summed E-state index contributed by atoms with van der Waals surface area (Å²) in [5, 5.41) is 0. The van der Waals surface area contributed by atoms with E-state index >= 15 is 0 Å². The minimum atomic E-state index is 0.780. The van der Waals surface area contributed by atoms with Crippen molar-refractivity contribution >= 4 is 0 Å². The molecule has 0 spiro atoms. The van der Waals surface area contributed by atoms with Gasteiger partial charge < -0.3 is 15.5 Å². The summed E-state index contributed by atoms with van der Waals surface area (Å²) >= 11 is 0. The highest BCUT2D eigenvalue weighted by atomic mass is 15.1. The molecule has 0 aromatic heterocycles. The van der Waals surface area contributed by atoms with Crippen LogP contribution in [-0.4, -0.2) is 49.6 Å². The molecule has 0 saturated carbocycles. The molecule has 0 aliphatic carbocycles. The van der Waals surface area contributed by atoms with Crippen LogP contribution in [0.25, 0.3) is 0 Å². The van der Waals surface area contributed by atoms with Crippen LogP contribution in [-0.2, 0) is 6.54 Å². The molecule has 0 atom stereocenters. The van der Waals surface area contributed by atoms with Gasteiger partial charge in [0.05, 0.1) is 0 Å². The van der Waals surface area contributed by atoms with Crippen molar-refractivity contribution in [2.45, 2.75) is 38.6 Å². The van der Waals surface area contributed by atoms with Gasteiger partial charge in [-0.15, -0.1) is 0 Å². The van der Waals surface area contributed by atoms with Crippen molar-refractivity contribution in [2.75, 3.05) is 39.8 Å². The maximum absolute atomic E-state index is 5.75. The molecule has 2 N–H and O–H groups in total. The summed E-state index contributed by atoms with van der Waals surface area (Å²) in [5.74, 6) is 0.780. The maximum Gasteiger partial charge on any atom is 0.0230 e. The van der Waals surface area contributed by atoms with E-state index in [2.05, 4.69) is 47.2 Å². The Morgan fingerprint density at radius 2 is 1.82 bits per heavy atom. The fourth-order valence-corrected chi connectivity index (χ4v) is 3.31. The van der Waals surface area contributed by atoms with Gasteiger partial charge in [-0.2, -0.15) is 0 Å². The van der Waals surface area contributed by atoms with Crippen LogP contribution in [0.5, 0.6) is 0 Å². The topological polar surface area (TPSA) is 32.5 Å². The molecule has 1 saturated heterocycles. The van der Waals surface area contributed by atoms with Crippen LogP contribution in [0.4, 0.5) is 0 Å². The molecular weight excluding hydrogens is 270 g/mol. The van der Waals surface area contributed by atoms with E-state index in [4.69, 9.17) is 5.73 Å². The van der Waals surface area contributed by atoms with Gasteiger partial charge in [-0.1, -0.05) is 36.8 Å². The van der Waals surface area contributed by atoms with E-state index in [1.807, 2.05) is 0 Å². The van der Waals surface area contributed by atoms with Crippen molar-refractivity contribution < 1.29 is 0 Å². The van der Waals surface area contributed by atoms with Crippen molar-refractivity contribution in [3.05, 3.63) is 35.9 Å². The van der Waals surface area contributed by atoms with E-state index in [0.717, 1.165) is 19.0 Å². The number of benzene rings is 1. The zero-order valence-electron chi connectivity index (χ0n) is 14.2. The molecule has 1 aromatic carbocycles. The average Bonchev–Trinajstić information content (AvgIpc) is 2.56. The first-order chi connectivity index (χ1) is 10.8. The molecular formula is C19H33N3. The van der Waals surface area contributed by atoms with Gasteiger partial charge in [0.25, 0.3) is 0 Å². The summed E-state index contributed by atoms with van der Waals surface area (Å²) in [6, 6.07) is 10.7. The molecule has 22 heavy (non-hydrogen) atoms. The van der Waals surface area contributed by atoms with E-state index in [0.29, 0.717) is 0 Å². The van der Waals surface area contributed by atoms with Gasteiger partial charge in [0.15, 0.2) is 0 Å². The van der Waals surface area contributed by atoms with Crippen LogP contribution in [0.1, 0.15) is 37.7 Å². The number of unbranched alkanes of at least 4 members (excludes halogenated alkanes) is 2. The zero-order chi connectivity index (χ0) is 15.6. The quantitative estimate of drug-likeness (QED) is 0.712. The molecule has 124 valence electrons.